The zero-order chi connectivity index (χ0) is 15.6. The highest BCUT2D eigenvalue weighted by atomic mass is 19.4. The highest BCUT2D eigenvalue weighted by Crippen LogP contribution is 2.40. The Morgan fingerprint density at radius 3 is 2.19 bits per heavy atom. The second kappa shape index (κ2) is 5.68. The zero-order valence-electron chi connectivity index (χ0n) is 11.8. The standard InChI is InChI=1S/C16H17F3N2/c1-10(2)21-15-8-12(11-6-4-3-5-7-11)13(9-14(15)20)16(17,18)19/h3-10,21H,20H2,1-2H3. The van der Waals surface area contributed by atoms with Crippen molar-refractivity contribution in [3.63, 3.8) is 0 Å². The molecule has 0 aliphatic rings. The summed E-state index contributed by atoms with van der Waals surface area (Å²) in [6, 6.07) is 11.0. The molecule has 0 bridgehead atoms. The van der Waals surface area contributed by atoms with Gasteiger partial charge in [-0.3, -0.25) is 0 Å². The quantitative estimate of drug-likeness (QED) is 0.800. The van der Waals surface area contributed by atoms with Crippen molar-refractivity contribution in [2.24, 2.45) is 0 Å². The van der Waals surface area contributed by atoms with Crippen LogP contribution in [0.2, 0.25) is 0 Å². The minimum atomic E-state index is -4.45. The molecule has 0 aromatic heterocycles. The maximum atomic E-state index is 13.2. The fraction of sp³-hybridized carbons (Fsp3) is 0.250. The molecule has 0 fully saturated rings. The van der Waals surface area contributed by atoms with Gasteiger partial charge in [0.25, 0.3) is 0 Å². The summed E-state index contributed by atoms with van der Waals surface area (Å²) in [5.74, 6) is 0. The number of nitrogens with one attached hydrogen (secondary N) is 1. The van der Waals surface area contributed by atoms with Crippen LogP contribution in [-0.2, 0) is 6.18 Å². The average molecular weight is 294 g/mol. The molecule has 3 N–H and O–H groups in total. The third kappa shape index (κ3) is 3.48. The smallest absolute Gasteiger partial charge is 0.397 e. The minimum Gasteiger partial charge on any atom is -0.397 e. The van der Waals surface area contributed by atoms with Gasteiger partial charge in [0.15, 0.2) is 0 Å². The van der Waals surface area contributed by atoms with E-state index >= 15 is 0 Å². The molecule has 2 aromatic carbocycles. The lowest BCUT2D eigenvalue weighted by atomic mass is 9.97. The third-order valence-corrected chi connectivity index (χ3v) is 3.02. The van der Waals surface area contributed by atoms with Crippen molar-refractivity contribution in [1.82, 2.24) is 0 Å². The van der Waals surface area contributed by atoms with E-state index in [9.17, 15) is 13.2 Å². The monoisotopic (exact) mass is 294 g/mol. The first-order valence-corrected chi connectivity index (χ1v) is 6.61. The molecule has 2 nitrogen and oxygen atoms in total. The number of alkyl halides is 3. The van der Waals surface area contributed by atoms with Crippen LogP contribution in [0.15, 0.2) is 42.5 Å². The molecule has 0 saturated carbocycles. The highest BCUT2D eigenvalue weighted by molar-refractivity contribution is 5.79. The van der Waals surface area contributed by atoms with E-state index in [0.29, 0.717) is 11.3 Å². The first-order chi connectivity index (χ1) is 9.79. The molecule has 0 spiro atoms. The molecule has 5 heteroatoms. The Morgan fingerprint density at radius 1 is 1.05 bits per heavy atom. The molecule has 21 heavy (non-hydrogen) atoms. The van der Waals surface area contributed by atoms with E-state index in [2.05, 4.69) is 5.32 Å². The molecule has 0 amide bonds. The number of hydrogen-bond acceptors (Lipinski definition) is 2. The SMILES string of the molecule is CC(C)Nc1cc(-c2ccccc2)c(C(F)(F)F)cc1N. The second-order valence-corrected chi connectivity index (χ2v) is 5.15. The number of anilines is 2. The van der Waals surface area contributed by atoms with Crippen molar-refractivity contribution >= 4 is 11.4 Å². The number of halogens is 3. The molecule has 0 heterocycles. The van der Waals surface area contributed by atoms with E-state index in [1.807, 2.05) is 13.8 Å². The summed E-state index contributed by atoms with van der Waals surface area (Å²) in [4.78, 5) is 0. The van der Waals surface area contributed by atoms with E-state index in [1.54, 1.807) is 30.3 Å². The molecular formula is C16H17F3N2. The Hall–Kier alpha value is -2.17. The molecule has 2 aromatic rings. The van der Waals surface area contributed by atoms with Gasteiger partial charge in [-0.2, -0.15) is 13.2 Å². The number of nitrogen functional groups attached to an aromatic ring is 1. The first kappa shape index (κ1) is 15.2. The lowest BCUT2D eigenvalue weighted by Crippen LogP contribution is -2.14. The zero-order valence-corrected chi connectivity index (χ0v) is 11.8. The van der Waals surface area contributed by atoms with Gasteiger partial charge in [0.05, 0.1) is 16.9 Å². The Bertz CT molecular complexity index is 619. The summed E-state index contributed by atoms with van der Waals surface area (Å²) < 4.78 is 39.7. The van der Waals surface area contributed by atoms with Crippen LogP contribution in [0, 0.1) is 0 Å². The predicted molar refractivity (Wildman–Crippen MR) is 80.1 cm³/mol. The Kier molecular flexibility index (Phi) is 4.11. The van der Waals surface area contributed by atoms with Crippen molar-refractivity contribution in [3.8, 4) is 11.1 Å². The van der Waals surface area contributed by atoms with Gasteiger partial charge in [-0.1, -0.05) is 30.3 Å². The summed E-state index contributed by atoms with van der Waals surface area (Å²) in [6.45, 7) is 3.80. The molecule has 0 aliphatic heterocycles. The first-order valence-electron chi connectivity index (χ1n) is 6.61. The average Bonchev–Trinajstić information content (AvgIpc) is 2.40. The van der Waals surface area contributed by atoms with Gasteiger partial charge in [0, 0.05) is 6.04 Å². The Balaban J connectivity index is 2.64. The van der Waals surface area contributed by atoms with Crippen molar-refractivity contribution in [1.29, 1.82) is 0 Å². The topological polar surface area (TPSA) is 38.0 Å². The summed E-state index contributed by atoms with van der Waals surface area (Å²) >= 11 is 0. The molecule has 0 atom stereocenters. The maximum Gasteiger partial charge on any atom is 0.417 e. The van der Waals surface area contributed by atoms with Crippen LogP contribution in [0.5, 0.6) is 0 Å². The van der Waals surface area contributed by atoms with Gasteiger partial charge in [-0.05, 0) is 37.1 Å². The normalized spacial score (nSPS) is 11.7. The van der Waals surface area contributed by atoms with Crippen molar-refractivity contribution in [2.45, 2.75) is 26.1 Å². The van der Waals surface area contributed by atoms with Crippen molar-refractivity contribution in [3.05, 3.63) is 48.0 Å². The second-order valence-electron chi connectivity index (χ2n) is 5.15. The molecule has 0 aliphatic carbocycles. The predicted octanol–water partition coefficient (Wildman–Crippen LogP) is 4.77. The van der Waals surface area contributed by atoms with E-state index in [0.717, 1.165) is 6.07 Å². The van der Waals surface area contributed by atoms with Crippen molar-refractivity contribution < 1.29 is 13.2 Å². The van der Waals surface area contributed by atoms with E-state index in [1.165, 1.54) is 6.07 Å². The van der Waals surface area contributed by atoms with E-state index in [4.69, 9.17) is 5.73 Å². The molecule has 0 radical (unpaired) electrons. The lowest BCUT2D eigenvalue weighted by Gasteiger charge is -2.19. The summed E-state index contributed by atoms with van der Waals surface area (Å²) in [5.41, 5.74) is 6.27. The summed E-state index contributed by atoms with van der Waals surface area (Å²) in [5, 5.41) is 3.07. The maximum absolute atomic E-state index is 13.2. The summed E-state index contributed by atoms with van der Waals surface area (Å²) in [7, 11) is 0. The molecule has 0 unspecified atom stereocenters. The molecule has 0 saturated heterocycles. The van der Waals surface area contributed by atoms with Crippen molar-refractivity contribution in [2.75, 3.05) is 11.1 Å². The molecule has 2 rings (SSSR count). The fourth-order valence-corrected chi connectivity index (χ4v) is 2.14. The molecule has 112 valence electrons. The lowest BCUT2D eigenvalue weighted by molar-refractivity contribution is -0.137. The number of benzene rings is 2. The van der Waals surface area contributed by atoms with E-state index < -0.39 is 11.7 Å². The Labute approximate surface area is 121 Å². The van der Waals surface area contributed by atoms with Crippen LogP contribution in [-0.4, -0.2) is 6.04 Å². The van der Waals surface area contributed by atoms with Crippen LogP contribution < -0.4 is 11.1 Å². The van der Waals surface area contributed by atoms with Crippen LogP contribution in [0.25, 0.3) is 11.1 Å². The molecular weight excluding hydrogens is 277 g/mol. The van der Waals surface area contributed by atoms with Crippen LogP contribution >= 0.6 is 0 Å². The highest BCUT2D eigenvalue weighted by Gasteiger charge is 2.34. The third-order valence-electron chi connectivity index (χ3n) is 3.02. The van der Waals surface area contributed by atoms with Gasteiger partial charge in [0.2, 0.25) is 0 Å². The van der Waals surface area contributed by atoms with Gasteiger partial charge >= 0.3 is 6.18 Å². The van der Waals surface area contributed by atoms with Gasteiger partial charge in [-0.25, -0.2) is 0 Å². The number of hydrogen-bond donors (Lipinski definition) is 2. The fourth-order valence-electron chi connectivity index (χ4n) is 2.14. The number of rotatable bonds is 3. The summed E-state index contributed by atoms with van der Waals surface area (Å²) in [6.07, 6.45) is -4.45. The van der Waals surface area contributed by atoms with Crippen LogP contribution in [0.3, 0.4) is 0 Å². The van der Waals surface area contributed by atoms with Gasteiger partial charge in [0.1, 0.15) is 0 Å². The van der Waals surface area contributed by atoms with Gasteiger partial charge < -0.3 is 11.1 Å². The van der Waals surface area contributed by atoms with Crippen LogP contribution in [0.1, 0.15) is 19.4 Å². The van der Waals surface area contributed by atoms with E-state index in [-0.39, 0.29) is 17.3 Å². The largest absolute Gasteiger partial charge is 0.417 e. The van der Waals surface area contributed by atoms with Gasteiger partial charge in [-0.15, -0.1) is 0 Å². The Morgan fingerprint density at radius 2 is 1.67 bits per heavy atom. The minimum absolute atomic E-state index is 0.0765. The van der Waals surface area contributed by atoms with Crippen LogP contribution in [0.4, 0.5) is 24.5 Å². The number of nitrogens with two attached hydrogens (primary N) is 1.